The van der Waals surface area contributed by atoms with Gasteiger partial charge in [-0.3, -0.25) is 4.79 Å². The molecule has 1 amide bonds. The van der Waals surface area contributed by atoms with Crippen molar-refractivity contribution in [1.82, 2.24) is 0 Å². The first-order valence-corrected chi connectivity index (χ1v) is 9.31. The number of thioether (sulfide) groups is 1. The Bertz CT molecular complexity index is 649. The number of ether oxygens (including phenoxy) is 1. The number of nitrogens with one attached hydrogen (secondary N) is 1. The lowest BCUT2D eigenvalue weighted by atomic mass is 10.2. The number of amides is 1. The summed E-state index contributed by atoms with van der Waals surface area (Å²) >= 11 is 2.87. The molecule has 0 bridgehead atoms. The Morgan fingerprint density at radius 3 is 2.87 bits per heavy atom. The molecule has 2 rings (SSSR count). The summed E-state index contributed by atoms with van der Waals surface area (Å²) < 4.78 is 10.3. The molecule has 7 heteroatoms. The van der Waals surface area contributed by atoms with Crippen LogP contribution in [0.2, 0.25) is 0 Å². The van der Waals surface area contributed by atoms with Gasteiger partial charge in [-0.05, 0) is 31.5 Å². The van der Waals surface area contributed by atoms with Gasteiger partial charge in [0, 0.05) is 4.88 Å². The number of rotatable bonds is 8. The molecule has 0 aromatic carbocycles. The standard InChI is InChI=1S/C16H19NO4S2/c1-3-12-8-13(16(19)20-4-2)15(23-12)17-14(18)10-22-9-11-6-5-7-21-11/h5-8H,3-4,9-10H2,1-2H3,(H,17,18). The summed E-state index contributed by atoms with van der Waals surface area (Å²) in [6.07, 6.45) is 2.42. The summed E-state index contributed by atoms with van der Waals surface area (Å²) in [7, 11) is 0. The Balaban J connectivity index is 1.93. The number of thiophene rings is 1. The fourth-order valence-corrected chi connectivity index (χ4v) is 3.60. The van der Waals surface area contributed by atoms with Crippen molar-refractivity contribution < 1.29 is 18.7 Å². The van der Waals surface area contributed by atoms with Crippen LogP contribution in [0.4, 0.5) is 5.00 Å². The maximum absolute atomic E-state index is 12.1. The topological polar surface area (TPSA) is 68.5 Å². The monoisotopic (exact) mass is 353 g/mol. The van der Waals surface area contributed by atoms with Crippen molar-refractivity contribution in [3.8, 4) is 0 Å². The van der Waals surface area contributed by atoms with Crippen molar-refractivity contribution in [1.29, 1.82) is 0 Å². The summed E-state index contributed by atoms with van der Waals surface area (Å²) in [6, 6.07) is 5.48. The van der Waals surface area contributed by atoms with E-state index in [2.05, 4.69) is 5.32 Å². The van der Waals surface area contributed by atoms with Crippen LogP contribution in [-0.2, 0) is 21.7 Å². The molecule has 23 heavy (non-hydrogen) atoms. The van der Waals surface area contributed by atoms with E-state index in [9.17, 15) is 9.59 Å². The smallest absolute Gasteiger partial charge is 0.341 e. The SMILES string of the molecule is CCOC(=O)c1cc(CC)sc1NC(=O)CSCc1ccco1. The Morgan fingerprint density at radius 1 is 1.39 bits per heavy atom. The average molecular weight is 353 g/mol. The minimum atomic E-state index is -0.401. The number of anilines is 1. The van der Waals surface area contributed by atoms with E-state index in [1.54, 1.807) is 19.3 Å². The molecule has 2 heterocycles. The van der Waals surface area contributed by atoms with Crippen molar-refractivity contribution in [3.05, 3.63) is 40.7 Å². The molecule has 0 atom stereocenters. The molecule has 0 radical (unpaired) electrons. The predicted octanol–water partition coefficient (Wildman–Crippen LogP) is 3.95. The number of hydrogen-bond acceptors (Lipinski definition) is 6. The van der Waals surface area contributed by atoms with Gasteiger partial charge in [-0.25, -0.2) is 4.79 Å². The molecule has 124 valence electrons. The zero-order valence-electron chi connectivity index (χ0n) is 13.1. The van der Waals surface area contributed by atoms with Crippen molar-refractivity contribution in [2.45, 2.75) is 26.0 Å². The highest BCUT2D eigenvalue weighted by molar-refractivity contribution is 7.99. The molecule has 0 unspecified atom stereocenters. The highest BCUT2D eigenvalue weighted by Crippen LogP contribution is 2.29. The molecule has 0 aliphatic rings. The van der Waals surface area contributed by atoms with Crippen LogP contribution in [0.1, 0.15) is 34.8 Å². The second kappa shape index (κ2) is 8.79. The van der Waals surface area contributed by atoms with Crippen molar-refractivity contribution in [3.63, 3.8) is 0 Å². The van der Waals surface area contributed by atoms with E-state index in [0.717, 1.165) is 17.1 Å². The average Bonchev–Trinajstić information content (AvgIpc) is 3.17. The van der Waals surface area contributed by atoms with Gasteiger partial charge in [0.1, 0.15) is 10.8 Å². The molecular weight excluding hydrogens is 334 g/mol. The van der Waals surface area contributed by atoms with E-state index in [4.69, 9.17) is 9.15 Å². The van der Waals surface area contributed by atoms with E-state index in [0.29, 0.717) is 28.7 Å². The third-order valence-electron chi connectivity index (χ3n) is 2.94. The van der Waals surface area contributed by atoms with Crippen LogP contribution in [0, 0.1) is 0 Å². The third kappa shape index (κ3) is 5.14. The number of esters is 1. The lowest BCUT2D eigenvalue weighted by molar-refractivity contribution is -0.113. The second-order valence-corrected chi connectivity index (χ2v) is 6.77. The first-order valence-electron chi connectivity index (χ1n) is 7.33. The third-order valence-corrected chi connectivity index (χ3v) is 5.09. The molecule has 2 aromatic heterocycles. The van der Waals surface area contributed by atoms with E-state index in [-0.39, 0.29) is 5.91 Å². The summed E-state index contributed by atoms with van der Waals surface area (Å²) in [6.45, 7) is 4.07. The lowest BCUT2D eigenvalue weighted by Gasteiger charge is -2.05. The number of carbonyl (C=O) groups excluding carboxylic acids is 2. The molecule has 0 spiro atoms. The van der Waals surface area contributed by atoms with Gasteiger partial charge in [0.05, 0.1) is 29.9 Å². The van der Waals surface area contributed by atoms with Crippen LogP contribution in [0.5, 0.6) is 0 Å². The summed E-state index contributed by atoms with van der Waals surface area (Å²) in [5, 5.41) is 3.37. The lowest BCUT2D eigenvalue weighted by Crippen LogP contribution is -2.16. The molecule has 0 fully saturated rings. The number of furan rings is 1. The van der Waals surface area contributed by atoms with Crippen LogP contribution in [0.3, 0.4) is 0 Å². The van der Waals surface area contributed by atoms with Crippen molar-refractivity contribution >= 4 is 40.0 Å². The van der Waals surface area contributed by atoms with Crippen LogP contribution in [0.25, 0.3) is 0 Å². The molecule has 5 nitrogen and oxygen atoms in total. The zero-order chi connectivity index (χ0) is 16.7. The zero-order valence-corrected chi connectivity index (χ0v) is 14.7. The normalized spacial score (nSPS) is 10.5. The number of carbonyl (C=O) groups is 2. The van der Waals surface area contributed by atoms with Gasteiger partial charge < -0.3 is 14.5 Å². The van der Waals surface area contributed by atoms with Gasteiger partial charge >= 0.3 is 5.97 Å². The van der Waals surface area contributed by atoms with Crippen LogP contribution >= 0.6 is 23.1 Å². The number of hydrogen-bond donors (Lipinski definition) is 1. The van der Waals surface area contributed by atoms with Gasteiger partial charge in [-0.1, -0.05) is 6.92 Å². The van der Waals surface area contributed by atoms with E-state index in [1.807, 2.05) is 19.1 Å². The maximum Gasteiger partial charge on any atom is 0.341 e. The largest absolute Gasteiger partial charge is 0.468 e. The van der Waals surface area contributed by atoms with Gasteiger partial charge in [0.25, 0.3) is 0 Å². The fourth-order valence-electron chi connectivity index (χ4n) is 1.87. The van der Waals surface area contributed by atoms with E-state index in [1.165, 1.54) is 23.1 Å². The van der Waals surface area contributed by atoms with E-state index < -0.39 is 5.97 Å². The Kier molecular flexibility index (Phi) is 6.73. The minimum absolute atomic E-state index is 0.142. The Morgan fingerprint density at radius 2 is 2.22 bits per heavy atom. The Labute approximate surface area is 143 Å². The molecule has 0 saturated heterocycles. The van der Waals surface area contributed by atoms with Gasteiger partial charge in [-0.2, -0.15) is 0 Å². The van der Waals surface area contributed by atoms with E-state index >= 15 is 0 Å². The molecule has 0 aliphatic heterocycles. The fraction of sp³-hybridized carbons (Fsp3) is 0.375. The molecule has 1 N–H and O–H groups in total. The first kappa shape index (κ1) is 17.6. The van der Waals surface area contributed by atoms with Crippen LogP contribution < -0.4 is 5.32 Å². The van der Waals surface area contributed by atoms with Crippen molar-refractivity contribution in [2.75, 3.05) is 17.7 Å². The maximum atomic E-state index is 12.1. The first-order chi connectivity index (χ1) is 11.1. The van der Waals surface area contributed by atoms with Crippen molar-refractivity contribution in [2.24, 2.45) is 0 Å². The highest BCUT2D eigenvalue weighted by atomic mass is 32.2. The predicted molar refractivity (Wildman–Crippen MR) is 93.2 cm³/mol. The highest BCUT2D eigenvalue weighted by Gasteiger charge is 2.18. The molecule has 2 aromatic rings. The summed E-state index contributed by atoms with van der Waals surface area (Å²) in [5.74, 6) is 1.22. The molecule has 0 aliphatic carbocycles. The van der Waals surface area contributed by atoms with Gasteiger partial charge in [-0.15, -0.1) is 23.1 Å². The van der Waals surface area contributed by atoms with Gasteiger partial charge in [0.15, 0.2) is 0 Å². The molecule has 0 saturated carbocycles. The van der Waals surface area contributed by atoms with Crippen LogP contribution in [0.15, 0.2) is 28.9 Å². The minimum Gasteiger partial charge on any atom is -0.468 e. The van der Waals surface area contributed by atoms with Crippen LogP contribution in [-0.4, -0.2) is 24.2 Å². The summed E-state index contributed by atoms with van der Waals surface area (Å²) in [5.41, 5.74) is 0.429. The Hall–Kier alpha value is -1.73. The number of aryl methyl sites for hydroxylation is 1. The molecular formula is C16H19NO4S2. The second-order valence-electron chi connectivity index (χ2n) is 4.65. The summed E-state index contributed by atoms with van der Waals surface area (Å²) in [4.78, 5) is 25.1. The van der Waals surface area contributed by atoms with Gasteiger partial charge in [0.2, 0.25) is 5.91 Å². The quantitative estimate of drug-likeness (QED) is 0.728.